The Hall–Kier alpha value is -3.09. The van der Waals surface area contributed by atoms with Crippen LogP contribution in [0.2, 0.25) is 0 Å². The number of pyridine rings is 2. The number of ether oxygens (including phenoxy) is 1. The quantitative estimate of drug-likeness (QED) is 0.721. The van der Waals surface area contributed by atoms with Gasteiger partial charge in [0.25, 0.3) is 0 Å². The third-order valence-electron chi connectivity index (χ3n) is 2.45. The van der Waals surface area contributed by atoms with Crippen LogP contribution in [0, 0.1) is 0 Å². The van der Waals surface area contributed by atoms with Crippen LogP contribution in [0.15, 0.2) is 53.5 Å². The van der Waals surface area contributed by atoms with Gasteiger partial charge in [-0.2, -0.15) is 0 Å². The Balaban J connectivity index is 2.12. The third-order valence-corrected chi connectivity index (χ3v) is 2.45. The second kappa shape index (κ2) is 6.90. The number of nitrogens with zero attached hydrogens (tertiary/aromatic N) is 3. The number of nitrogens with one attached hydrogen (secondary N) is 1. The molecule has 0 aromatic carbocycles. The Kier molecular flexibility index (Phi) is 4.70. The topological polar surface area (TPSA) is 111 Å². The number of nitrogens with two attached hydrogens (primary N) is 2. The lowest BCUT2D eigenvalue weighted by molar-refractivity contribution is 0.480. The van der Waals surface area contributed by atoms with Crippen molar-refractivity contribution in [1.82, 2.24) is 9.97 Å². The van der Waals surface area contributed by atoms with Gasteiger partial charge < -0.3 is 21.5 Å². The van der Waals surface area contributed by atoms with Gasteiger partial charge in [0, 0.05) is 31.7 Å². The number of hydrogen-bond acceptors (Lipinski definition) is 7. The Bertz CT molecular complexity index is 651. The SMILES string of the molecule is CN=CC(=CN)Nc1cc(Oc2ccc(N)nc2)ccn1. The van der Waals surface area contributed by atoms with Gasteiger partial charge in [-0.3, -0.25) is 4.99 Å². The number of aliphatic imine (C=N–C) groups is 1. The van der Waals surface area contributed by atoms with Gasteiger partial charge in [0.1, 0.15) is 23.1 Å². The molecule has 2 aromatic heterocycles. The van der Waals surface area contributed by atoms with Crippen LogP contribution in [-0.2, 0) is 0 Å². The molecule has 0 bridgehead atoms. The van der Waals surface area contributed by atoms with Crippen molar-refractivity contribution in [2.75, 3.05) is 18.1 Å². The lowest BCUT2D eigenvalue weighted by Crippen LogP contribution is -2.05. The summed E-state index contributed by atoms with van der Waals surface area (Å²) in [6.07, 6.45) is 6.18. The number of rotatable bonds is 5. The predicted molar refractivity (Wildman–Crippen MR) is 83.3 cm³/mol. The molecule has 0 aliphatic heterocycles. The highest BCUT2D eigenvalue weighted by Gasteiger charge is 2.02. The molecule has 2 rings (SSSR count). The smallest absolute Gasteiger partial charge is 0.145 e. The van der Waals surface area contributed by atoms with Gasteiger partial charge in [0.15, 0.2) is 0 Å². The van der Waals surface area contributed by atoms with E-state index in [2.05, 4.69) is 20.3 Å². The first-order chi connectivity index (χ1) is 10.2. The molecular weight excluding hydrogens is 268 g/mol. The Morgan fingerprint density at radius 2 is 2.14 bits per heavy atom. The lowest BCUT2D eigenvalue weighted by Gasteiger charge is -2.08. The molecule has 0 unspecified atom stereocenters. The number of hydrogen-bond donors (Lipinski definition) is 3. The Labute approximate surface area is 122 Å². The molecule has 0 radical (unpaired) electrons. The van der Waals surface area contributed by atoms with Crippen molar-refractivity contribution in [1.29, 1.82) is 0 Å². The fourth-order valence-electron chi connectivity index (χ4n) is 1.54. The van der Waals surface area contributed by atoms with Crippen LogP contribution in [0.3, 0.4) is 0 Å². The minimum Gasteiger partial charge on any atom is -0.456 e. The van der Waals surface area contributed by atoms with Gasteiger partial charge in [0.05, 0.1) is 11.9 Å². The number of nitrogen functional groups attached to an aromatic ring is 1. The largest absolute Gasteiger partial charge is 0.456 e. The first-order valence-electron chi connectivity index (χ1n) is 6.18. The summed E-state index contributed by atoms with van der Waals surface area (Å²) in [7, 11) is 1.66. The van der Waals surface area contributed by atoms with Crippen LogP contribution in [0.5, 0.6) is 11.5 Å². The molecule has 0 spiro atoms. The maximum atomic E-state index is 5.67. The van der Waals surface area contributed by atoms with E-state index in [0.717, 1.165) is 0 Å². The Morgan fingerprint density at radius 1 is 1.29 bits per heavy atom. The Morgan fingerprint density at radius 3 is 2.81 bits per heavy atom. The van der Waals surface area contributed by atoms with Crippen LogP contribution >= 0.6 is 0 Å². The van der Waals surface area contributed by atoms with E-state index in [1.54, 1.807) is 49.9 Å². The summed E-state index contributed by atoms with van der Waals surface area (Å²) in [5, 5.41) is 3.02. The average Bonchev–Trinajstić information content (AvgIpc) is 2.49. The summed E-state index contributed by atoms with van der Waals surface area (Å²) in [6.45, 7) is 0. The van der Waals surface area contributed by atoms with Crippen molar-refractivity contribution < 1.29 is 4.74 Å². The van der Waals surface area contributed by atoms with E-state index in [9.17, 15) is 0 Å². The summed E-state index contributed by atoms with van der Waals surface area (Å²) < 4.78 is 5.67. The van der Waals surface area contributed by atoms with Gasteiger partial charge in [-0.05, 0) is 18.2 Å². The first-order valence-corrected chi connectivity index (χ1v) is 6.18. The predicted octanol–water partition coefficient (Wildman–Crippen LogP) is 1.76. The fourth-order valence-corrected chi connectivity index (χ4v) is 1.54. The van der Waals surface area contributed by atoms with Crippen molar-refractivity contribution >= 4 is 17.9 Å². The maximum Gasteiger partial charge on any atom is 0.145 e. The van der Waals surface area contributed by atoms with E-state index in [0.29, 0.717) is 28.8 Å². The fraction of sp³-hybridized carbons (Fsp3) is 0.0714. The zero-order valence-corrected chi connectivity index (χ0v) is 11.5. The first kappa shape index (κ1) is 14.3. The molecule has 0 amide bonds. The summed E-state index contributed by atoms with van der Waals surface area (Å²) in [6, 6.07) is 6.89. The summed E-state index contributed by atoms with van der Waals surface area (Å²) in [5.74, 6) is 2.23. The van der Waals surface area contributed by atoms with Crippen molar-refractivity contribution in [2.24, 2.45) is 10.7 Å². The molecule has 0 aliphatic rings. The van der Waals surface area contributed by atoms with Gasteiger partial charge in [-0.25, -0.2) is 9.97 Å². The van der Waals surface area contributed by atoms with Crippen LogP contribution in [0.4, 0.5) is 11.6 Å². The molecule has 0 atom stereocenters. The number of aromatic nitrogens is 2. The van der Waals surface area contributed by atoms with E-state index >= 15 is 0 Å². The van der Waals surface area contributed by atoms with E-state index in [-0.39, 0.29) is 0 Å². The summed E-state index contributed by atoms with van der Waals surface area (Å²) in [4.78, 5) is 12.0. The standard InChI is InChI=1S/C14H16N6O/c1-17-8-10(7-15)20-14-6-11(4-5-18-14)21-12-2-3-13(16)19-9-12/h2-9H,15H2,1H3,(H2,16,19)(H,18,20). The third kappa shape index (κ3) is 4.20. The highest BCUT2D eigenvalue weighted by molar-refractivity contribution is 5.82. The van der Waals surface area contributed by atoms with Gasteiger partial charge in [-0.15, -0.1) is 0 Å². The number of anilines is 2. The molecule has 7 nitrogen and oxygen atoms in total. The van der Waals surface area contributed by atoms with E-state index < -0.39 is 0 Å². The van der Waals surface area contributed by atoms with Crippen molar-refractivity contribution in [3.8, 4) is 11.5 Å². The van der Waals surface area contributed by atoms with E-state index in [1.165, 1.54) is 6.20 Å². The highest BCUT2D eigenvalue weighted by atomic mass is 16.5. The van der Waals surface area contributed by atoms with Crippen LogP contribution in [-0.4, -0.2) is 23.2 Å². The van der Waals surface area contributed by atoms with Crippen molar-refractivity contribution in [3.63, 3.8) is 0 Å². The second-order valence-corrected chi connectivity index (χ2v) is 4.03. The molecule has 2 aromatic rings. The van der Waals surface area contributed by atoms with Gasteiger partial charge in [-0.1, -0.05) is 0 Å². The molecule has 0 saturated heterocycles. The van der Waals surface area contributed by atoms with Gasteiger partial charge >= 0.3 is 0 Å². The van der Waals surface area contributed by atoms with E-state index in [1.807, 2.05) is 0 Å². The average molecular weight is 284 g/mol. The maximum absolute atomic E-state index is 5.67. The molecular formula is C14H16N6O. The zero-order chi connectivity index (χ0) is 15.1. The minimum absolute atomic E-state index is 0.441. The van der Waals surface area contributed by atoms with Crippen molar-refractivity contribution in [3.05, 3.63) is 48.6 Å². The molecule has 108 valence electrons. The number of allylic oxidation sites excluding steroid dienone is 1. The van der Waals surface area contributed by atoms with Crippen molar-refractivity contribution in [2.45, 2.75) is 0 Å². The van der Waals surface area contributed by atoms with Crippen LogP contribution in [0.25, 0.3) is 0 Å². The molecule has 7 heteroatoms. The molecule has 21 heavy (non-hydrogen) atoms. The van der Waals surface area contributed by atoms with Crippen LogP contribution in [0.1, 0.15) is 0 Å². The monoisotopic (exact) mass is 284 g/mol. The summed E-state index contributed by atoms with van der Waals surface area (Å²) >= 11 is 0. The van der Waals surface area contributed by atoms with Gasteiger partial charge in [0.2, 0.25) is 0 Å². The van der Waals surface area contributed by atoms with E-state index in [4.69, 9.17) is 16.2 Å². The zero-order valence-electron chi connectivity index (χ0n) is 11.5. The second-order valence-electron chi connectivity index (χ2n) is 4.03. The normalized spacial score (nSPS) is 11.6. The molecule has 2 heterocycles. The van der Waals surface area contributed by atoms with Crippen LogP contribution < -0.4 is 21.5 Å². The molecule has 5 N–H and O–H groups in total. The lowest BCUT2D eigenvalue weighted by atomic mass is 10.4. The molecule has 0 saturated carbocycles. The molecule has 0 aliphatic carbocycles. The highest BCUT2D eigenvalue weighted by Crippen LogP contribution is 2.22. The minimum atomic E-state index is 0.441. The molecule has 0 fully saturated rings. The summed E-state index contributed by atoms with van der Waals surface area (Å²) in [5.41, 5.74) is 11.6.